The van der Waals surface area contributed by atoms with Gasteiger partial charge >= 0.3 is 0 Å². The minimum Gasteiger partial charge on any atom is -0.378 e. The number of aryl methyl sites for hydroxylation is 1. The molecule has 2 aliphatic heterocycles. The molecule has 2 fully saturated rings. The third-order valence-corrected chi connectivity index (χ3v) is 4.80. The fraction of sp³-hybridized carbons (Fsp3) is 0.722. The van der Waals surface area contributed by atoms with Gasteiger partial charge in [0.25, 0.3) is 0 Å². The lowest BCUT2D eigenvalue weighted by Crippen LogP contribution is -2.41. The highest BCUT2D eigenvalue weighted by atomic mass is 16.5. The van der Waals surface area contributed by atoms with Crippen LogP contribution < -0.4 is 4.90 Å². The summed E-state index contributed by atoms with van der Waals surface area (Å²) in [6, 6.07) is 2.10. The van der Waals surface area contributed by atoms with Crippen LogP contribution in [0.15, 0.2) is 6.07 Å². The molecule has 0 unspecified atom stereocenters. The second-order valence-corrected chi connectivity index (χ2v) is 6.61. The standard InChI is InChI=1S/C18H28N4O3/c1-3-24-13-18(23)22-6-4-5-15(12-22)16-11-17(20-14(2)19-16)21-7-9-25-10-8-21/h11,15H,3-10,12-13H2,1-2H3/t15-/m1/s1. The van der Waals surface area contributed by atoms with Gasteiger partial charge in [-0.15, -0.1) is 0 Å². The van der Waals surface area contributed by atoms with Crippen LogP contribution in [0.2, 0.25) is 0 Å². The molecule has 0 aliphatic carbocycles. The van der Waals surface area contributed by atoms with E-state index in [0.29, 0.717) is 13.2 Å². The summed E-state index contributed by atoms with van der Waals surface area (Å²) >= 11 is 0. The Bertz CT molecular complexity index is 590. The zero-order valence-corrected chi connectivity index (χ0v) is 15.2. The Morgan fingerprint density at radius 1 is 1.32 bits per heavy atom. The van der Waals surface area contributed by atoms with Gasteiger partial charge in [-0.1, -0.05) is 0 Å². The maximum absolute atomic E-state index is 12.3. The third kappa shape index (κ3) is 4.67. The lowest BCUT2D eigenvalue weighted by Gasteiger charge is -2.33. The predicted octanol–water partition coefficient (Wildman–Crippen LogP) is 1.36. The highest BCUT2D eigenvalue weighted by Gasteiger charge is 2.26. The van der Waals surface area contributed by atoms with Gasteiger partial charge in [-0.05, 0) is 26.7 Å². The van der Waals surface area contributed by atoms with Crippen LogP contribution in [0.5, 0.6) is 0 Å². The van der Waals surface area contributed by atoms with Crippen LogP contribution in [0.25, 0.3) is 0 Å². The number of carbonyl (C=O) groups is 1. The molecule has 2 saturated heterocycles. The maximum Gasteiger partial charge on any atom is 0.248 e. The molecule has 1 aromatic heterocycles. The van der Waals surface area contributed by atoms with Crippen LogP contribution in [0.3, 0.4) is 0 Å². The van der Waals surface area contributed by atoms with Crippen LogP contribution in [-0.2, 0) is 14.3 Å². The Balaban J connectivity index is 1.71. The van der Waals surface area contributed by atoms with Gasteiger partial charge in [0.1, 0.15) is 18.2 Å². The second-order valence-electron chi connectivity index (χ2n) is 6.61. The Labute approximate surface area is 149 Å². The number of aromatic nitrogens is 2. The summed E-state index contributed by atoms with van der Waals surface area (Å²) < 4.78 is 10.7. The molecule has 3 rings (SSSR count). The largest absolute Gasteiger partial charge is 0.378 e. The maximum atomic E-state index is 12.3. The topological polar surface area (TPSA) is 67.8 Å². The normalized spacial score (nSPS) is 21.4. The molecule has 3 heterocycles. The molecule has 0 saturated carbocycles. The van der Waals surface area contributed by atoms with Crippen molar-refractivity contribution < 1.29 is 14.3 Å². The van der Waals surface area contributed by atoms with Crippen molar-refractivity contribution in [2.24, 2.45) is 0 Å². The SMILES string of the molecule is CCOCC(=O)N1CCC[C@@H](c2cc(N3CCOCC3)nc(C)n2)C1. The minimum atomic E-state index is 0.0748. The van der Waals surface area contributed by atoms with Gasteiger partial charge in [0.2, 0.25) is 5.91 Å². The van der Waals surface area contributed by atoms with Gasteiger partial charge in [-0.25, -0.2) is 9.97 Å². The molecule has 0 radical (unpaired) electrons. The molecule has 1 aromatic rings. The smallest absolute Gasteiger partial charge is 0.248 e. The molecule has 138 valence electrons. The molecule has 0 spiro atoms. The number of carbonyl (C=O) groups excluding carboxylic acids is 1. The van der Waals surface area contributed by atoms with Gasteiger partial charge in [-0.2, -0.15) is 0 Å². The first-order chi connectivity index (χ1) is 12.2. The number of morpholine rings is 1. The van der Waals surface area contributed by atoms with Crippen molar-refractivity contribution in [2.75, 3.05) is 57.5 Å². The lowest BCUT2D eigenvalue weighted by molar-refractivity contribution is -0.137. The van der Waals surface area contributed by atoms with E-state index in [1.54, 1.807) is 0 Å². The molecule has 0 bridgehead atoms. The van der Waals surface area contributed by atoms with E-state index in [-0.39, 0.29) is 18.4 Å². The van der Waals surface area contributed by atoms with Crippen LogP contribution in [-0.4, -0.2) is 73.4 Å². The summed E-state index contributed by atoms with van der Waals surface area (Å²) in [4.78, 5) is 25.7. The Morgan fingerprint density at radius 2 is 2.12 bits per heavy atom. The zero-order valence-electron chi connectivity index (χ0n) is 15.2. The number of piperidine rings is 1. The average Bonchev–Trinajstić information content (AvgIpc) is 2.66. The fourth-order valence-corrected chi connectivity index (χ4v) is 3.46. The first-order valence-corrected chi connectivity index (χ1v) is 9.21. The van der Waals surface area contributed by atoms with E-state index >= 15 is 0 Å². The second kappa shape index (κ2) is 8.58. The molecule has 1 amide bonds. The first-order valence-electron chi connectivity index (χ1n) is 9.21. The van der Waals surface area contributed by atoms with Crippen molar-refractivity contribution in [3.05, 3.63) is 17.6 Å². The number of likely N-dealkylation sites (tertiary alicyclic amines) is 1. The summed E-state index contributed by atoms with van der Waals surface area (Å²) in [5.74, 6) is 2.10. The van der Waals surface area contributed by atoms with Crippen LogP contribution in [0.4, 0.5) is 5.82 Å². The number of amides is 1. The van der Waals surface area contributed by atoms with Crippen molar-refractivity contribution in [3.8, 4) is 0 Å². The summed E-state index contributed by atoms with van der Waals surface area (Å²) in [6.45, 7) is 9.30. The summed E-state index contributed by atoms with van der Waals surface area (Å²) in [6.07, 6.45) is 2.05. The van der Waals surface area contributed by atoms with E-state index in [2.05, 4.69) is 20.9 Å². The van der Waals surface area contributed by atoms with Gasteiger partial charge in [-0.3, -0.25) is 4.79 Å². The molecule has 2 aliphatic rings. The molecule has 7 nitrogen and oxygen atoms in total. The zero-order chi connectivity index (χ0) is 17.6. The number of hydrogen-bond acceptors (Lipinski definition) is 6. The minimum absolute atomic E-state index is 0.0748. The summed E-state index contributed by atoms with van der Waals surface area (Å²) in [7, 11) is 0. The quantitative estimate of drug-likeness (QED) is 0.800. The Kier molecular flexibility index (Phi) is 6.20. The van der Waals surface area contributed by atoms with Crippen molar-refractivity contribution in [2.45, 2.75) is 32.6 Å². The van der Waals surface area contributed by atoms with Gasteiger partial charge in [0, 0.05) is 44.8 Å². The van der Waals surface area contributed by atoms with Crippen molar-refractivity contribution >= 4 is 11.7 Å². The van der Waals surface area contributed by atoms with Crippen LogP contribution in [0.1, 0.15) is 37.2 Å². The van der Waals surface area contributed by atoms with E-state index < -0.39 is 0 Å². The Morgan fingerprint density at radius 3 is 2.88 bits per heavy atom. The van der Waals surface area contributed by atoms with Gasteiger partial charge < -0.3 is 19.3 Å². The number of hydrogen-bond donors (Lipinski definition) is 0. The highest BCUT2D eigenvalue weighted by molar-refractivity contribution is 5.77. The van der Waals surface area contributed by atoms with Crippen molar-refractivity contribution in [1.82, 2.24) is 14.9 Å². The number of rotatable bonds is 5. The molecule has 0 N–H and O–H groups in total. The van der Waals surface area contributed by atoms with Crippen molar-refractivity contribution in [1.29, 1.82) is 0 Å². The fourth-order valence-electron chi connectivity index (χ4n) is 3.46. The van der Waals surface area contributed by atoms with E-state index in [0.717, 1.165) is 63.0 Å². The average molecular weight is 348 g/mol. The van der Waals surface area contributed by atoms with Crippen LogP contribution in [0, 0.1) is 6.92 Å². The number of anilines is 1. The first kappa shape index (κ1) is 18.1. The molecule has 7 heteroatoms. The van der Waals surface area contributed by atoms with Crippen molar-refractivity contribution in [3.63, 3.8) is 0 Å². The lowest BCUT2D eigenvalue weighted by atomic mass is 9.94. The molecule has 1 atom stereocenters. The van der Waals surface area contributed by atoms with E-state index in [4.69, 9.17) is 9.47 Å². The van der Waals surface area contributed by atoms with Crippen LogP contribution >= 0.6 is 0 Å². The molecular weight excluding hydrogens is 320 g/mol. The van der Waals surface area contributed by atoms with E-state index in [1.807, 2.05) is 18.7 Å². The molecule has 25 heavy (non-hydrogen) atoms. The summed E-state index contributed by atoms with van der Waals surface area (Å²) in [5.41, 5.74) is 1.04. The Hall–Kier alpha value is -1.73. The van der Waals surface area contributed by atoms with E-state index in [9.17, 15) is 4.79 Å². The van der Waals surface area contributed by atoms with E-state index in [1.165, 1.54) is 0 Å². The third-order valence-electron chi connectivity index (χ3n) is 4.80. The molecule has 0 aromatic carbocycles. The van der Waals surface area contributed by atoms with Gasteiger partial charge in [0.05, 0.1) is 18.9 Å². The predicted molar refractivity (Wildman–Crippen MR) is 94.8 cm³/mol. The number of ether oxygens (including phenoxy) is 2. The number of nitrogens with zero attached hydrogens (tertiary/aromatic N) is 4. The highest BCUT2D eigenvalue weighted by Crippen LogP contribution is 2.28. The van der Waals surface area contributed by atoms with Gasteiger partial charge in [0.15, 0.2) is 0 Å². The summed E-state index contributed by atoms with van der Waals surface area (Å²) in [5, 5.41) is 0. The molecular formula is C18H28N4O3. The monoisotopic (exact) mass is 348 g/mol.